The summed E-state index contributed by atoms with van der Waals surface area (Å²) in [5.74, 6) is -4.14. The standard InChI is InChI=1S/C22H14O6/c23-19(13-7-3-1-4-8-13)15-11-16(20(24)14-9-5-2-6-10-14)18(22(27)28)12-17(15)21(25)26/h1-12H,(H,25,26)(H,27,28). The molecule has 138 valence electrons. The minimum absolute atomic E-state index is 0.228. The highest BCUT2D eigenvalue weighted by atomic mass is 16.4. The van der Waals surface area contributed by atoms with Gasteiger partial charge in [0.1, 0.15) is 0 Å². The van der Waals surface area contributed by atoms with Gasteiger partial charge in [-0.15, -0.1) is 0 Å². The SMILES string of the molecule is O=C(O)c1cc(C(=O)O)c(C(=O)c2ccccc2)cc1C(=O)c1ccccc1. The number of carbonyl (C=O) groups excluding carboxylic acids is 2. The van der Waals surface area contributed by atoms with Crippen molar-refractivity contribution in [2.24, 2.45) is 0 Å². The first kappa shape index (κ1) is 18.7. The third kappa shape index (κ3) is 3.57. The highest BCUT2D eigenvalue weighted by Gasteiger charge is 2.26. The molecule has 0 aliphatic carbocycles. The maximum absolute atomic E-state index is 12.8. The molecular formula is C22H14O6. The first-order valence-corrected chi connectivity index (χ1v) is 8.24. The molecule has 6 heteroatoms. The fourth-order valence-electron chi connectivity index (χ4n) is 2.82. The van der Waals surface area contributed by atoms with Gasteiger partial charge >= 0.3 is 11.9 Å². The molecule has 0 heterocycles. The van der Waals surface area contributed by atoms with Crippen LogP contribution in [-0.4, -0.2) is 33.7 Å². The number of carboxylic acid groups (broad SMARTS) is 2. The lowest BCUT2D eigenvalue weighted by Crippen LogP contribution is -2.17. The number of aromatic carboxylic acids is 2. The molecule has 0 bridgehead atoms. The molecule has 28 heavy (non-hydrogen) atoms. The van der Waals surface area contributed by atoms with Crippen molar-refractivity contribution in [1.29, 1.82) is 0 Å². The highest BCUT2D eigenvalue weighted by molar-refractivity contribution is 6.19. The van der Waals surface area contributed by atoms with Crippen molar-refractivity contribution >= 4 is 23.5 Å². The number of hydrogen-bond donors (Lipinski definition) is 2. The van der Waals surface area contributed by atoms with Gasteiger partial charge in [-0.25, -0.2) is 9.59 Å². The van der Waals surface area contributed by atoms with Crippen LogP contribution in [-0.2, 0) is 0 Å². The molecule has 0 fully saturated rings. The molecule has 0 aromatic heterocycles. The summed E-state index contributed by atoms with van der Waals surface area (Å²) < 4.78 is 0. The van der Waals surface area contributed by atoms with E-state index in [1.807, 2.05) is 0 Å². The van der Waals surface area contributed by atoms with E-state index in [1.54, 1.807) is 36.4 Å². The van der Waals surface area contributed by atoms with E-state index in [-0.39, 0.29) is 22.3 Å². The zero-order chi connectivity index (χ0) is 20.3. The van der Waals surface area contributed by atoms with Gasteiger partial charge in [0.15, 0.2) is 11.6 Å². The van der Waals surface area contributed by atoms with Gasteiger partial charge in [-0.05, 0) is 12.1 Å². The lowest BCUT2D eigenvalue weighted by molar-refractivity contribution is 0.0690. The van der Waals surface area contributed by atoms with Gasteiger partial charge in [0.05, 0.1) is 11.1 Å². The lowest BCUT2D eigenvalue weighted by atomic mass is 9.90. The Labute approximate surface area is 159 Å². The van der Waals surface area contributed by atoms with Gasteiger partial charge in [-0.2, -0.15) is 0 Å². The van der Waals surface area contributed by atoms with Crippen LogP contribution in [0.5, 0.6) is 0 Å². The van der Waals surface area contributed by atoms with E-state index < -0.39 is 34.6 Å². The van der Waals surface area contributed by atoms with Crippen LogP contribution in [0.25, 0.3) is 0 Å². The predicted molar refractivity (Wildman–Crippen MR) is 100 cm³/mol. The summed E-state index contributed by atoms with van der Waals surface area (Å²) in [6.45, 7) is 0. The van der Waals surface area contributed by atoms with Crippen LogP contribution in [0.4, 0.5) is 0 Å². The zero-order valence-corrected chi connectivity index (χ0v) is 14.5. The third-order valence-electron chi connectivity index (χ3n) is 4.18. The Morgan fingerprint density at radius 2 is 0.821 bits per heavy atom. The fourth-order valence-corrected chi connectivity index (χ4v) is 2.82. The van der Waals surface area contributed by atoms with Crippen molar-refractivity contribution in [2.75, 3.05) is 0 Å². The molecule has 6 nitrogen and oxygen atoms in total. The van der Waals surface area contributed by atoms with Crippen molar-refractivity contribution < 1.29 is 29.4 Å². The normalized spacial score (nSPS) is 10.3. The van der Waals surface area contributed by atoms with Crippen molar-refractivity contribution in [2.45, 2.75) is 0 Å². The summed E-state index contributed by atoms with van der Waals surface area (Å²) in [6, 6.07) is 17.8. The number of rotatable bonds is 6. The maximum Gasteiger partial charge on any atom is 0.336 e. The molecule has 0 aliphatic rings. The first-order valence-electron chi connectivity index (χ1n) is 8.24. The van der Waals surface area contributed by atoms with Gasteiger partial charge < -0.3 is 10.2 Å². The van der Waals surface area contributed by atoms with E-state index in [9.17, 15) is 29.4 Å². The molecule has 0 amide bonds. The van der Waals surface area contributed by atoms with E-state index in [2.05, 4.69) is 0 Å². The minimum Gasteiger partial charge on any atom is -0.478 e. The van der Waals surface area contributed by atoms with E-state index in [0.29, 0.717) is 0 Å². The van der Waals surface area contributed by atoms with Crippen LogP contribution in [0, 0.1) is 0 Å². The highest BCUT2D eigenvalue weighted by Crippen LogP contribution is 2.23. The van der Waals surface area contributed by atoms with Crippen LogP contribution in [0.15, 0.2) is 72.8 Å². The smallest absolute Gasteiger partial charge is 0.336 e. The lowest BCUT2D eigenvalue weighted by Gasteiger charge is -2.12. The molecule has 0 saturated heterocycles. The number of carbonyl (C=O) groups is 4. The Bertz CT molecular complexity index is 1000. The predicted octanol–water partition coefficient (Wildman–Crippen LogP) is 3.55. The summed E-state index contributed by atoms with van der Waals surface area (Å²) >= 11 is 0. The van der Waals surface area contributed by atoms with Crippen LogP contribution in [0.2, 0.25) is 0 Å². The molecule has 0 radical (unpaired) electrons. The molecule has 2 N–H and O–H groups in total. The van der Waals surface area contributed by atoms with E-state index in [0.717, 1.165) is 12.1 Å². The van der Waals surface area contributed by atoms with Crippen LogP contribution in [0.3, 0.4) is 0 Å². The monoisotopic (exact) mass is 374 g/mol. The Morgan fingerprint density at radius 1 is 0.500 bits per heavy atom. The number of ketones is 2. The molecule has 3 rings (SSSR count). The topological polar surface area (TPSA) is 109 Å². The summed E-state index contributed by atoms with van der Waals surface area (Å²) in [6.07, 6.45) is 0. The minimum atomic E-state index is -1.46. The summed E-state index contributed by atoms with van der Waals surface area (Å²) in [7, 11) is 0. The Hall–Kier alpha value is -4.06. The van der Waals surface area contributed by atoms with Crippen LogP contribution < -0.4 is 0 Å². The molecule has 0 atom stereocenters. The molecule has 0 saturated carbocycles. The van der Waals surface area contributed by atoms with Crippen molar-refractivity contribution in [3.05, 3.63) is 106 Å². The second-order valence-corrected chi connectivity index (χ2v) is 5.94. The molecule has 0 spiro atoms. The van der Waals surface area contributed by atoms with Gasteiger partial charge in [-0.1, -0.05) is 60.7 Å². The molecule has 0 aliphatic heterocycles. The van der Waals surface area contributed by atoms with Gasteiger partial charge in [0, 0.05) is 22.3 Å². The Kier molecular flexibility index (Phi) is 5.13. The van der Waals surface area contributed by atoms with Gasteiger partial charge in [0.2, 0.25) is 0 Å². The van der Waals surface area contributed by atoms with E-state index in [1.165, 1.54) is 24.3 Å². The second kappa shape index (κ2) is 7.67. The summed E-state index contributed by atoms with van der Waals surface area (Å²) in [5, 5.41) is 19.0. The second-order valence-electron chi connectivity index (χ2n) is 5.94. The summed E-state index contributed by atoms with van der Waals surface area (Å²) in [4.78, 5) is 49.0. The van der Waals surface area contributed by atoms with Crippen LogP contribution in [0.1, 0.15) is 52.6 Å². The molecular weight excluding hydrogens is 360 g/mol. The van der Waals surface area contributed by atoms with Crippen molar-refractivity contribution in [1.82, 2.24) is 0 Å². The molecule has 3 aromatic rings. The molecule has 0 unspecified atom stereocenters. The van der Waals surface area contributed by atoms with Crippen LogP contribution >= 0.6 is 0 Å². The average molecular weight is 374 g/mol. The average Bonchev–Trinajstić information content (AvgIpc) is 2.72. The quantitative estimate of drug-likeness (QED) is 0.639. The number of benzene rings is 3. The first-order chi connectivity index (χ1) is 13.4. The van der Waals surface area contributed by atoms with E-state index in [4.69, 9.17) is 0 Å². The zero-order valence-electron chi connectivity index (χ0n) is 14.5. The fraction of sp³-hybridized carbons (Fsp3) is 0. The maximum atomic E-state index is 12.8. The summed E-state index contributed by atoms with van der Waals surface area (Å²) in [5.41, 5.74) is -0.991. The Morgan fingerprint density at radius 3 is 1.14 bits per heavy atom. The third-order valence-corrected chi connectivity index (χ3v) is 4.18. The van der Waals surface area contributed by atoms with Gasteiger partial charge in [-0.3, -0.25) is 9.59 Å². The Balaban J connectivity index is 2.24. The largest absolute Gasteiger partial charge is 0.478 e. The van der Waals surface area contributed by atoms with E-state index >= 15 is 0 Å². The van der Waals surface area contributed by atoms with Crippen molar-refractivity contribution in [3.63, 3.8) is 0 Å². The number of carboxylic acids is 2. The van der Waals surface area contributed by atoms with Gasteiger partial charge in [0.25, 0.3) is 0 Å². The van der Waals surface area contributed by atoms with Crippen molar-refractivity contribution in [3.8, 4) is 0 Å². The number of hydrogen-bond acceptors (Lipinski definition) is 4. The molecule has 3 aromatic carbocycles.